The average Bonchev–Trinajstić information content (AvgIpc) is 3.70. The highest BCUT2D eigenvalue weighted by atomic mass is 19.4. The van der Waals surface area contributed by atoms with Gasteiger partial charge >= 0.3 is 19.0 Å². The summed E-state index contributed by atoms with van der Waals surface area (Å²) in [6.45, 7) is -3.11. The molecule has 1 aromatic carbocycles. The summed E-state index contributed by atoms with van der Waals surface area (Å²) >= 11 is 0. The van der Waals surface area contributed by atoms with E-state index in [9.17, 15) is 57.9 Å². The molecule has 3 aromatic rings. The number of carbonyl (C=O) groups is 2. The molecule has 5 rings (SSSR count). The number of nitrogens with one attached hydrogen (secondary N) is 4. The number of fused-ring (bicyclic) bond motifs is 1. The smallest absolute Gasteiger partial charge is 0.418 e. The van der Waals surface area contributed by atoms with Crippen molar-refractivity contribution in [3.8, 4) is 5.88 Å². The number of imidazole rings is 1. The molecule has 0 atom stereocenters. The molecule has 2 aliphatic rings. The summed E-state index contributed by atoms with van der Waals surface area (Å²) in [5.41, 5.74) is -4.42. The Morgan fingerprint density at radius 2 is 1.60 bits per heavy atom. The van der Waals surface area contributed by atoms with E-state index in [-0.39, 0.29) is 60.0 Å². The van der Waals surface area contributed by atoms with Crippen LogP contribution in [0.25, 0.3) is 11.2 Å². The van der Waals surface area contributed by atoms with Gasteiger partial charge in [0.15, 0.2) is 12.3 Å². The first-order valence-corrected chi connectivity index (χ1v) is 16.2. The highest BCUT2D eigenvalue weighted by Crippen LogP contribution is 2.50. The first-order valence-electron chi connectivity index (χ1n) is 16.2. The van der Waals surface area contributed by atoms with Gasteiger partial charge in [-0.1, -0.05) is 25.8 Å². The predicted molar refractivity (Wildman–Crippen MR) is 165 cm³/mol. The lowest BCUT2D eigenvalue weighted by atomic mass is 9.84. The van der Waals surface area contributed by atoms with Crippen molar-refractivity contribution in [3.05, 3.63) is 41.0 Å². The number of amides is 2. The summed E-state index contributed by atoms with van der Waals surface area (Å²) < 4.78 is 143. The second kappa shape index (κ2) is 16.5. The van der Waals surface area contributed by atoms with Gasteiger partial charge in [-0.05, 0) is 68.2 Å². The molecule has 4 N–H and O–H groups in total. The number of halogens is 11. The van der Waals surface area contributed by atoms with Crippen molar-refractivity contribution in [1.29, 1.82) is 0 Å². The zero-order chi connectivity index (χ0) is 38.4. The maximum atomic E-state index is 13.9. The molecular weight excluding hydrogens is 725 g/mol. The second-order valence-corrected chi connectivity index (χ2v) is 12.6. The van der Waals surface area contributed by atoms with Crippen molar-refractivity contribution < 1.29 is 62.6 Å². The maximum absolute atomic E-state index is 13.9. The number of hydrogen-bond acceptors (Lipinski definition) is 6. The van der Waals surface area contributed by atoms with Crippen LogP contribution in [0, 0.1) is 11.3 Å². The molecule has 2 fully saturated rings. The van der Waals surface area contributed by atoms with E-state index in [0.29, 0.717) is 12.0 Å². The number of alkyl halides is 11. The summed E-state index contributed by atoms with van der Waals surface area (Å²) in [4.78, 5) is 36.7. The molecule has 9 nitrogen and oxygen atoms in total. The average molecular weight is 761 g/mol. The zero-order valence-electron chi connectivity index (χ0n) is 27.5. The van der Waals surface area contributed by atoms with Crippen LogP contribution >= 0.6 is 0 Å². The molecule has 0 bridgehead atoms. The summed E-state index contributed by atoms with van der Waals surface area (Å²) in [5.74, 6) is -2.07. The number of carbonyl (C=O) groups excluding carboxylic acids is 2. The number of H-pyrrole nitrogens is 1. The van der Waals surface area contributed by atoms with E-state index in [0.717, 1.165) is 37.8 Å². The van der Waals surface area contributed by atoms with Crippen LogP contribution in [0.1, 0.15) is 79.8 Å². The first-order chi connectivity index (χ1) is 24.3. The largest absolute Gasteiger partial charge is 0.471 e. The van der Waals surface area contributed by atoms with Gasteiger partial charge in [0.25, 0.3) is 12.3 Å². The van der Waals surface area contributed by atoms with Gasteiger partial charge in [-0.3, -0.25) is 9.59 Å². The van der Waals surface area contributed by atoms with Gasteiger partial charge in [-0.25, -0.2) is 8.78 Å². The van der Waals surface area contributed by atoms with Crippen molar-refractivity contribution in [2.75, 3.05) is 11.9 Å². The first kappa shape index (κ1) is 40.4. The zero-order valence-corrected chi connectivity index (χ0v) is 27.5. The quantitative estimate of drug-likeness (QED) is 0.154. The minimum absolute atomic E-state index is 0.0714. The van der Waals surface area contributed by atoms with Gasteiger partial charge in [0, 0.05) is 12.6 Å². The molecule has 2 aliphatic carbocycles. The standard InChI is InChI=1S/C31H34F8N6O3.CHF3/c1-16-4-7-18(8-5-16)41-25(46)19-13-22-24(44-26(19)48-15-23(32)33)45-28(43-22)42-21-12-17(6-9-20(21)30(34,35)36)14-40-27(47)29(31(37,38)39)10-2-3-11-29;2-1(3)4/h6,9,12-13,16,18,23H,2-5,7-8,10-11,14-15H2,1H3,(H,40,47)(H,41,46)(H2,42,43,44,45);1H. The highest BCUT2D eigenvalue weighted by molar-refractivity contribution is 5.99. The van der Waals surface area contributed by atoms with E-state index in [4.69, 9.17) is 4.74 Å². The topological polar surface area (TPSA) is 121 Å². The normalized spacial score (nSPS) is 19.0. The van der Waals surface area contributed by atoms with Crippen molar-refractivity contribution >= 4 is 34.6 Å². The number of anilines is 2. The lowest BCUT2D eigenvalue weighted by Crippen LogP contribution is -2.48. The molecule has 2 heterocycles. The van der Waals surface area contributed by atoms with Gasteiger partial charge in [0.05, 0.1) is 16.8 Å². The fourth-order valence-corrected chi connectivity index (χ4v) is 6.22. The SMILES string of the molecule is CC1CCC(NC(=O)c2cc3[nH]c(Nc4cc(CNC(=O)C5(C(F)(F)F)CCCC5)ccc4C(F)(F)F)nc3nc2OCC(F)F)CC1.FC(F)F. The number of benzene rings is 1. The molecular formula is C32H35F11N6O3. The van der Waals surface area contributed by atoms with E-state index < -0.39 is 73.0 Å². The molecule has 20 heteroatoms. The Morgan fingerprint density at radius 1 is 0.962 bits per heavy atom. The van der Waals surface area contributed by atoms with Crippen LogP contribution in [0.15, 0.2) is 24.3 Å². The third-order valence-electron chi connectivity index (χ3n) is 8.91. The Labute approximate surface area is 289 Å². The monoisotopic (exact) mass is 760 g/mol. The van der Waals surface area contributed by atoms with Crippen molar-refractivity contribution in [2.24, 2.45) is 11.3 Å². The van der Waals surface area contributed by atoms with Crippen molar-refractivity contribution in [1.82, 2.24) is 25.6 Å². The Bertz CT molecular complexity index is 1680. The van der Waals surface area contributed by atoms with E-state index in [1.165, 1.54) is 6.07 Å². The van der Waals surface area contributed by atoms with Crippen LogP contribution in [0.3, 0.4) is 0 Å². The second-order valence-electron chi connectivity index (χ2n) is 12.6. The number of nitrogens with zero attached hydrogens (tertiary/aromatic N) is 2. The predicted octanol–water partition coefficient (Wildman–Crippen LogP) is 8.59. The highest BCUT2D eigenvalue weighted by Gasteiger charge is 2.60. The molecule has 0 radical (unpaired) electrons. The van der Waals surface area contributed by atoms with Crippen LogP contribution in [0.5, 0.6) is 5.88 Å². The molecule has 0 unspecified atom stereocenters. The van der Waals surface area contributed by atoms with E-state index in [1.807, 2.05) is 0 Å². The molecule has 52 heavy (non-hydrogen) atoms. The van der Waals surface area contributed by atoms with Gasteiger partial charge in [0.2, 0.25) is 17.7 Å². The fraction of sp³-hybridized carbons (Fsp3) is 0.562. The van der Waals surface area contributed by atoms with E-state index in [2.05, 4.69) is 37.8 Å². The van der Waals surface area contributed by atoms with E-state index >= 15 is 0 Å². The van der Waals surface area contributed by atoms with Crippen LogP contribution in [-0.2, 0) is 17.5 Å². The third-order valence-corrected chi connectivity index (χ3v) is 8.91. The van der Waals surface area contributed by atoms with Crippen LogP contribution < -0.4 is 20.7 Å². The van der Waals surface area contributed by atoms with Crippen molar-refractivity contribution in [2.45, 2.75) is 96.3 Å². The number of pyridine rings is 1. The maximum Gasteiger partial charge on any atom is 0.418 e. The van der Waals surface area contributed by atoms with E-state index in [1.54, 1.807) is 0 Å². The Hall–Kier alpha value is -4.39. The number of hydrogen-bond donors (Lipinski definition) is 4. The summed E-state index contributed by atoms with van der Waals surface area (Å²) in [5, 5.41) is 7.58. The minimum atomic E-state index is -4.86. The molecule has 2 aromatic heterocycles. The lowest BCUT2D eigenvalue weighted by Gasteiger charge is -2.30. The van der Waals surface area contributed by atoms with Crippen molar-refractivity contribution in [3.63, 3.8) is 0 Å². The Morgan fingerprint density at radius 3 is 2.17 bits per heavy atom. The molecule has 0 aliphatic heterocycles. The Kier molecular flexibility index (Phi) is 12.8. The van der Waals surface area contributed by atoms with Gasteiger partial charge in [0.1, 0.15) is 11.0 Å². The fourth-order valence-electron chi connectivity index (χ4n) is 6.22. The number of rotatable bonds is 10. The molecule has 0 saturated heterocycles. The number of aromatic nitrogens is 3. The Balaban J connectivity index is 0.00000144. The number of ether oxygens (including phenoxy) is 1. The van der Waals surface area contributed by atoms with Gasteiger partial charge in [-0.2, -0.15) is 49.5 Å². The van der Waals surface area contributed by atoms with Crippen LogP contribution in [0.2, 0.25) is 0 Å². The van der Waals surface area contributed by atoms with Crippen LogP contribution in [0.4, 0.5) is 59.9 Å². The molecule has 2 amide bonds. The summed E-state index contributed by atoms with van der Waals surface area (Å²) in [6, 6.07) is 3.86. The van der Waals surface area contributed by atoms with Gasteiger partial charge in [-0.15, -0.1) is 0 Å². The molecule has 0 spiro atoms. The third kappa shape index (κ3) is 10.1. The van der Waals surface area contributed by atoms with Gasteiger partial charge < -0.3 is 25.7 Å². The van der Waals surface area contributed by atoms with Crippen LogP contribution in [-0.4, -0.2) is 58.7 Å². The minimum Gasteiger partial charge on any atom is -0.471 e. The number of aromatic amines is 1. The summed E-state index contributed by atoms with van der Waals surface area (Å²) in [7, 11) is 0. The molecule has 288 valence electrons. The lowest BCUT2D eigenvalue weighted by molar-refractivity contribution is -0.220. The molecule has 2 saturated carbocycles. The summed E-state index contributed by atoms with van der Waals surface area (Å²) in [6.07, 6.45) is -9.60.